The molecule has 2 atom stereocenters. The number of imide groups is 1. The van der Waals surface area contributed by atoms with Crippen LogP contribution in [0.1, 0.15) is 17.5 Å². The van der Waals surface area contributed by atoms with Crippen LogP contribution in [0.5, 0.6) is 0 Å². The Hall–Kier alpha value is -2.50. The van der Waals surface area contributed by atoms with E-state index in [4.69, 9.17) is 5.11 Å². The van der Waals surface area contributed by atoms with Gasteiger partial charge >= 0.3 is 5.97 Å². The maximum Gasteiger partial charge on any atom is 0.328 e. The van der Waals surface area contributed by atoms with Crippen LogP contribution in [-0.2, 0) is 20.9 Å². The van der Waals surface area contributed by atoms with Crippen LogP contribution in [0.4, 0.5) is 4.39 Å². The number of benzene rings is 1. The van der Waals surface area contributed by atoms with Gasteiger partial charge in [0.2, 0.25) is 11.8 Å². The Bertz CT molecular complexity index is 662. The molecule has 1 aliphatic heterocycles. The van der Waals surface area contributed by atoms with E-state index >= 15 is 0 Å². The van der Waals surface area contributed by atoms with Gasteiger partial charge < -0.3 is 5.11 Å². The number of likely N-dealkylation sites (tertiary alicyclic amines) is 1. The van der Waals surface area contributed by atoms with Crippen LogP contribution in [-0.4, -0.2) is 27.8 Å². The molecular weight excluding hydrogens is 277 g/mol. The number of halogens is 1. The topological polar surface area (TPSA) is 74.7 Å². The van der Waals surface area contributed by atoms with Crippen molar-refractivity contribution in [3.05, 3.63) is 41.2 Å². The summed E-state index contributed by atoms with van der Waals surface area (Å²) in [7, 11) is 0. The average Bonchev–Trinajstić information content (AvgIpc) is 3.19. The van der Waals surface area contributed by atoms with Gasteiger partial charge in [-0.25, -0.2) is 9.18 Å². The highest BCUT2D eigenvalue weighted by Crippen LogP contribution is 2.47. The zero-order valence-electron chi connectivity index (χ0n) is 11.0. The lowest BCUT2D eigenvalue weighted by atomic mass is 10.1. The fraction of sp³-hybridized carbons (Fsp3) is 0.267. The lowest BCUT2D eigenvalue weighted by Gasteiger charge is -2.16. The van der Waals surface area contributed by atoms with Crippen molar-refractivity contribution in [3.63, 3.8) is 0 Å². The molecule has 2 amide bonds. The highest BCUT2D eigenvalue weighted by molar-refractivity contribution is 6.08. The number of amides is 2. The second-order valence-electron chi connectivity index (χ2n) is 5.23. The van der Waals surface area contributed by atoms with E-state index in [1.807, 2.05) is 0 Å². The number of rotatable bonds is 4. The molecular formula is C15H12FNO4. The Morgan fingerprint density at radius 2 is 2.00 bits per heavy atom. The first-order valence-corrected chi connectivity index (χ1v) is 6.52. The number of hydrogen-bond acceptors (Lipinski definition) is 3. The molecule has 0 radical (unpaired) electrons. The lowest BCUT2D eigenvalue weighted by Crippen LogP contribution is -2.32. The van der Waals surface area contributed by atoms with Gasteiger partial charge in [-0.15, -0.1) is 0 Å². The molecule has 0 aromatic heterocycles. The van der Waals surface area contributed by atoms with Crippen molar-refractivity contribution in [1.82, 2.24) is 4.90 Å². The summed E-state index contributed by atoms with van der Waals surface area (Å²) in [5, 5.41) is 8.51. The second kappa shape index (κ2) is 4.80. The number of carbonyl (C=O) groups is 3. The minimum atomic E-state index is -1.12. The van der Waals surface area contributed by atoms with Crippen molar-refractivity contribution in [2.45, 2.75) is 13.0 Å². The number of hydrogen-bond donors (Lipinski definition) is 1. The molecule has 3 rings (SSSR count). The molecule has 108 valence electrons. The van der Waals surface area contributed by atoms with E-state index < -0.39 is 11.8 Å². The molecule has 1 aromatic rings. The van der Waals surface area contributed by atoms with Gasteiger partial charge in [-0.1, -0.05) is 12.1 Å². The molecule has 2 aliphatic rings. The van der Waals surface area contributed by atoms with Gasteiger partial charge in [-0.05, 0) is 24.1 Å². The third-order valence-corrected chi connectivity index (χ3v) is 3.78. The average molecular weight is 289 g/mol. The Morgan fingerprint density at radius 1 is 1.33 bits per heavy atom. The number of nitrogens with zero attached hydrogens (tertiary/aromatic N) is 1. The van der Waals surface area contributed by atoms with Gasteiger partial charge in [0.15, 0.2) is 0 Å². The van der Waals surface area contributed by atoms with E-state index in [0.717, 1.165) is 11.0 Å². The van der Waals surface area contributed by atoms with E-state index in [9.17, 15) is 18.8 Å². The van der Waals surface area contributed by atoms with E-state index in [0.29, 0.717) is 12.0 Å². The Kier molecular flexibility index (Phi) is 3.08. The van der Waals surface area contributed by atoms with Gasteiger partial charge in [0.25, 0.3) is 0 Å². The largest absolute Gasteiger partial charge is 0.478 e. The Balaban J connectivity index is 1.76. The van der Waals surface area contributed by atoms with Crippen LogP contribution in [0.25, 0.3) is 6.08 Å². The first-order valence-electron chi connectivity index (χ1n) is 6.52. The Morgan fingerprint density at radius 3 is 2.57 bits per heavy atom. The molecule has 0 spiro atoms. The van der Waals surface area contributed by atoms with Crippen LogP contribution in [0.2, 0.25) is 0 Å². The summed E-state index contributed by atoms with van der Waals surface area (Å²) in [5.41, 5.74) is 0.644. The third kappa shape index (κ3) is 2.44. The van der Waals surface area contributed by atoms with E-state index in [1.54, 1.807) is 6.07 Å². The molecule has 6 heteroatoms. The van der Waals surface area contributed by atoms with Crippen LogP contribution in [0, 0.1) is 17.7 Å². The number of piperidine rings is 1. The minimum absolute atomic E-state index is 0.0700. The van der Waals surface area contributed by atoms with Gasteiger partial charge in [0, 0.05) is 11.6 Å². The van der Waals surface area contributed by atoms with E-state index in [2.05, 4.69) is 0 Å². The second-order valence-corrected chi connectivity index (χ2v) is 5.23. The standard InChI is InChI=1S/C15H12FNO4/c16-12-5-8(2-4-13(18)19)1-3-9(12)7-17-14(20)10-6-11(10)15(17)21/h1-5,10-11H,6-7H2,(H,18,19). The molecule has 1 saturated carbocycles. The minimum Gasteiger partial charge on any atom is -0.478 e. The molecule has 2 fully saturated rings. The van der Waals surface area contributed by atoms with Crippen molar-refractivity contribution in [2.75, 3.05) is 0 Å². The highest BCUT2D eigenvalue weighted by atomic mass is 19.1. The lowest BCUT2D eigenvalue weighted by molar-refractivity contribution is -0.142. The zero-order chi connectivity index (χ0) is 15.1. The molecule has 2 unspecified atom stereocenters. The summed E-state index contributed by atoms with van der Waals surface area (Å²) in [4.78, 5) is 35.1. The number of carbonyl (C=O) groups excluding carboxylic acids is 2. The van der Waals surface area contributed by atoms with Gasteiger partial charge in [-0.2, -0.15) is 0 Å². The van der Waals surface area contributed by atoms with Crippen molar-refractivity contribution < 1.29 is 23.9 Å². The van der Waals surface area contributed by atoms with Crippen LogP contribution >= 0.6 is 0 Å². The fourth-order valence-electron chi connectivity index (χ4n) is 2.54. The quantitative estimate of drug-likeness (QED) is 0.672. The van der Waals surface area contributed by atoms with Crippen LogP contribution in [0.15, 0.2) is 24.3 Å². The molecule has 1 heterocycles. The molecule has 1 N–H and O–H groups in total. The van der Waals surface area contributed by atoms with Crippen LogP contribution < -0.4 is 0 Å². The predicted octanol–water partition coefficient (Wildman–Crippen LogP) is 1.43. The van der Waals surface area contributed by atoms with Gasteiger partial charge in [0.05, 0.1) is 18.4 Å². The summed E-state index contributed by atoms with van der Waals surface area (Å²) in [6, 6.07) is 4.19. The van der Waals surface area contributed by atoms with Gasteiger partial charge in [-0.3, -0.25) is 14.5 Å². The smallest absolute Gasteiger partial charge is 0.328 e. The van der Waals surface area contributed by atoms with Crippen molar-refractivity contribution >= 4 is 23.9 Å². The molecule has 0 bridgehead atoms. The van der Waals surface area contributed by atoms with Gasteiger partial charge in [0.1, 0.15) is 5.82 Å². The normalized spacial score (nSPS) is 23.8. The highest BCUT2D eigenvalue weighted by Gasteiger charge is 2.58. The summed E-state index contributed by atoms with van der Waals surface area (Å²) >= 11 is 0. The van der Waals surface area contributed by atoms with Crippen LogP contribution in [0.3, 0.4) is 0 Å². The molecule has 1 saturated heterocycles. The van der Waals surface area contributed by atoms with E-state index in [1.165, 1.54) is 18.2 Å². The first-order chi connectivity index (χ1) is 9.97. The number of fused-ring (bicyclic) bond motifs is 1. The molecule has 5 nitrogen and oxygen atoms in total. The van der Waals surface area contributed by atoms with E-state index in [-0.39, 0.29) is 35.8 Å². The number of carboxylic acids is 1. The maximum atomic E-state index is 14.0. The fourth-order valence-corrected chi connectivity index (χ4v) is 2.54. The monoisotopic (exact) mass is 289 g/mol. The first kappa shape index (κ1) is 13.5. The summed E-state index contributed by atoms with van der Waals surface area (Å²) in [6.45, 7) is -0.0700. The molecule has 1 aromatic carbocycles. The summed E-state index contributed by atoms with van der Waals surface area (Å²) in [5.74, 6) is -2.52. The zero-order valence-corrected chi connectivity index (χ0v) is 11.0. The van der Waals surface area contributed by atoms with Crippen molar-refractivity contribution in [1.29, 1.82) is 0 Å². The summed E-state index contributed by atoms with van der Waals surface area (Å²) < 4.78 is 14.0. The number of carboxylic acid groups (broad SMARTS) is 1. The summed E-state index contributed by atoms with van der Waals surface area (Å²) in [6.07, 6.45) is 2.81. The number of aliphatic carboxylic acids is 1. The van der Waals surface area contributed by atoms with Crippen molar-refractivity contribution in [3.8, 4) is 0 Å². The predicted molar refractivity (Wildman–Crippen MR) is 70.2 cm³/mol. The molecule has 21 heavy (non-hydrogen) atoms. The van der Waals surface area contributed by atoms with Crippen molar-refractivity contribution in [2.24, 2.45) is 11.8 Å². The third-order valence-electron chi connectivity index (χ3n) is 3.78. The molecule has 1 aliphatic carbocycles. The SMILES string of the molecule is O=C(O)C=Cc1ccc(CN2C(=O)C3CC3C2=O)c(F)c1. The maximum absolute atomic E-state index is 14.0. The Labute approximate surface area is 119 Å².